The van der Waals surface area contributed by atoms with Gasteiger partial charge in [0.1, 0.15) is 5.75 Å². The Bertz CT molecular complexity index is 375. The van der Waals surface area contributed by atoms with E-state index in [1.165, 1.54) is 0 Å². The van der Waals surface area contributed by atoms with E-state index in [-0.39, 0.29) is 6.61 Å². The molecule has 0 unspecified atom stereocenters. The third-order valence-electron chi connectivity index (χ3n) is 1.56. The number of aliphatic hydroxyl groups excluding tert-OH is 1. The summed E-state index contributed by atoms with van der Waals surface area (Å²) in [6, 6.07) is 7.69. The highest BCUT2D eigenvalue weighted by Gasteiger charge is 1.91. The normalized spacial score (nSPS) is 10.2. The van der Waals surface area contributed by atoms with Crippen LogP contribution in [0.15, 0.2) is 24.3 Å². The van der Waals surface area contributed by atoms with Crippen molar-refractivity contribution in [3.8, 4) is 5.75 Å². The van der Waals surface area contributed by atoms with Gasteiger partial charge in [-0.3, -0.25) is 9.11 Å². The van der Waals surface area contributed by atoms with E-state index in [0.717, 1.165) is 11.3 Å². The van der Waals surface area contributed by atoms with Crippen molar-refractivity contribution in [2.45, 2.75) is 6.42 Å². The molecule has 0 aliphatic heterocycles. The monoisotopic (exact) mass is 250 g/mol. The summed E-state index contributed by atoms with van der Waals surface area (Å²) < 4.78 is 36.6. The topological polar surface area (TPSA) is 104 Å². The fourth-order valence-electron chi connectivity index (χ4n) is 0.921. The first-order valence-electron chi connectivity index (χ1n) is 4.30. The fourth-order valence-corrected chi connectivity index (χ4v) is 0.921. The van der Waals surface area contributed by atoms with Crippen molar-refractivity contribution in [1.29, 1.82) is 0 Å². The van der Waals surface area contributed by atoms with Gasteiger partial charge >= 0.3 is 10.4 Å². The summed E-state index contributed by atoms with van der Waals surface area (Å²) >= 11 is 0. The lowest BCUT2D eigenvalue weighted by molar-refractivity contribution is 0.299. The summed E-state index contributed by atoms with van der Waals surface area (Å²) in [4.78, 5) is 0. The van der Waals surface area contributed by atoms with Crippen LogP contribution in [-0.4, -0.2) is 36.3 Å². The molecule has 92 valence electrons. The molecular weight excluding hydrogens is 236 g/mol. The maximum Gasteiger partial charge on any atom is 0.394 e. The maximum atomic E-state index is 8.74. The van der Waals surface area contributed by atoms with Gasteiger partial charge in [0.15, 0.2) is 0 Å². The highest BCUT2D eigenvalue weighted by molar-refractivity contribution is 7.79. The fraction of sp³-hybridized carbons (Fsp3) is 0.333. The Hall–Kier alpha value is -1.15. The molecule has 0 atom stereocenters. The Morgan fingerprint density at radius 3 is 1.94 bits per heavy atom. The molecule has 1 rings (SSSR count). The van der Waals surface area contributed by atoms with Gasteiger partial charge in [-0.1, -0.05) is 12.1 Å². The van der Waals surface area contributed by atoms with Crippen LogP contribution in [0.2, 0.25) is 0 Å². The minimum absolute atomic E-state index is 0.201. The zero-order valence-electron chi connectivity index (χ0n) is 8.70. The highest BCUT2D eigenvalue weighted by Crippen LogP contribution is 2.10. The molecule has 0 spiro atoms. The zero-order valence-corrected chi connectivity index (χ0v) is 9.51. The number of benzene rings is 1. The number of hydrogen-bond acceptors (Lipinski definition) is 4. The smallest absolute Gasteiger partial charge is 0.394 e. The number of rotatable bonds is 3. The average molecular weight is 250 g/mol. The van der Waals surface area contributed by atoms with Crippen LogP contribution in [0.25, 0.3) is 0 Å². The van der Waals surface area contributed by atoms with Crippen LogP contribution < -0.4 is 4.74 Å². The van der Waals surface area contributed by atoms with Crippen molar-refractivity contribution >= 4 is 10.4 Å². The molecule has 1 aromatic rings. The lowest BCUT2D eigenvalue weighted by Crippen LogP contribution is -1.90. The third-order valence-corrected chi connectivity index (χ3v) is 1.56. The molecular formula is C9H14O6S. The van der Waals surface area contributed by atoms with E-state index >= 15 is 0 Å². The molecule has 0 bridgehead atoms. The minimum atomic E-state index is -4.67. The van der Waals surface area contributed by atoms with Crippen LogP contribution in [0.3, 0.4) is 0 Å². The predicted molar refractivity (Wildman–Crippen MR) is 58.0 cm³/mol. The summed E-state index contributed by atoms with van der Waals surface area (Å²) in [5.74, 6) is 0.853. The average Bonchev–Trinajstić information content (AvgIpc) is 2.17. The summed E-state index contributed by atoms with van der Waals surface area (Å²) in [5, 5.41) is 8.61. The number of aliphatic hydroxyl groups is 1. The van der Waals surface area contributed by atoms with E-state index in [4.69, 9.17) is 27.4 Å². The number of hydrogen-bond donors (Lipinski definition) is 3. The quantitative estimate of drug-likeness (QED) is 0.678. The molecule has 1 aromatic carbocycles. The second-order valence-electron chi connectivity index (χ2n) is 2.77. The van der Waals surface area contributed by atoms with Crippen molar-refractivity contribution in [3.05, 3.63) is 29.8 Å². The van der Waals surface area contributed by atoms with Crippen LogP contribution in [0.4, 0.5) is 0 Å². The largest absolute Gasteiger partial charge is 0.497 e. The molecule has 16 heavy (non-hydrogen) atoms. The van der Waals surface area contributed by atoms with E-state index in [2.05, 4.69) is 0 Å². The Kier molecular flexibility index (Phi) is 6.66. The van der Waals surface area contributed by atoms with E-state index in [1.54, 1.807) is 7.11 Å². The lowest BCUT2D eigenvalue weighted by atomic mass is 10.1. The van der Waals surface area contributed by atoms with Crippen LogP contribution >= 0.6 is 0 Å². The Morgan fingerprint density at radius 2 is 1.62 bits per heavy atom. The summed E-state index contributed by atoms with van der Waals surface area (Å²) in [7, 11) is -3.03. The lowest BCUT2D eigenvalue weighted by Gasteiger charge is -2.00. The molecule has 0 aliphatic carbocycles. The first-order valence-corrected chi connectivity index (χ1v) is 5.70. The van der Waals surface area contributed by atoms with E-state index in [0.29, 0.717) is 6.42 Å². The van der Waals surface area contributed by atoms with Crippen LogP contribution in [0, 0.1) is 0 Å². The first-order chi connectivity index (χ1) is 7.36. The van der Waals surface area contributed by atoms with Crippen LogP contribution in [0.1, 0.15) is 5.56 Å². The van der Waals surface area contributed by atoms with Crippen molar-refractivity contribution in [2.75, 3.05) is 13.7 Å². The van der Waals surface area contributed by atoms with Gasteiger partial charge in [0.05, 0.1) is 7.11 Å². The highest BCUT2D eigenvalue weighted by atomic mass is 32.3. The van der Waals surface area contributed by atoms with E-state index in [1.807, 2.05) is 24.3 Å². The van der Waals surface area contributed by atoms with Gasteiger partial charge in [-0.2, -0.15) is 8.42 Å². The summed E-state index contributed by atoms with van der Waals surface area (Å²) in [6.07, 6.45) is 0.712. The Balaban J connectivity index is 0.000000385. The maximum absolute atomic E-state index is 8.74. The number of ether oxygens (including phenoxy) is 1. The Morgan fingerprint density at radius 1 is 1.19 bits per heavy atom. The first kappa shape index (κ1) is 14.8. The molecule has 0 saturated carbocycles. The predicted octanol–water partition coefficient (Wildman–Crippen LogP) is 0.577. The second kappa shape index (κ2) is 7.18. The van der Waals surface area contributed by atoms with Gasteiger partial charge in [0.2, 0.25) is 0 Å². The molecule has 7 heteroatoms. The van der Waals surface area contributed by atoms with Gasteiger partial charge in [-0.05, 0) is 24.1 Å². The van der Waals surface area contributed by atoms with Crippen molar-refractivity contribution < 1.29 is 27.4 Å². The minimum Gasteiger partial charge on any atom is -0.497 e. The summed E-state index contributed by atoms with van der Waals surface area (Å²) in [6.45, 7) is 0.201. The molecule has 0 amide bonds. The van der Waals surface area contributed by atoms with Gasteiger partial charge in [0.25, 0.3) is 0 Å². The standard InChI is InChI=1S/C9H12O2.H2O4S/c1-11-9-4-2-8(3-5-9)6-7-10;1-5(2,3)4/h2-5,10H,6-7H2,1H3;(H2,1,2,3,4). The van der Waals surface area contributed by atoms with Crippen LogP contribution in [0.5, 0.6) is 5.75 Å². The van der Waals surface area contributed by atoms with Crippen LogP contribution in [-0.2, 0) is 16.8 Å². The van der Waals surface area contributed by atoms with Gasteiger partial charge in [0, 0.05) is 6.61 Å². The molecule has 6 nitrogen and oxygen atoms in total. The van der Waals surface area contributed by atoms with Crippen molar-refractivity contribution in [3.63, 3.8) is 0 Å². The third kappa shape index (κ3) is 9.41. The summed E-state index contributed by atoms with van der Waals surface area (Å²) in [5.41, 5.74) is 1.13. The second-order valence-corrected chi connectivity index (χ2v) is 3.67. The van der Waals surface area contributed by atoms with Crippen molar-refractivity contribution in [2.24, 2.45) is 0 Å². The van der Waals surface area contributed by atoms with Crippen molar-refractivity contribution in [1.82, 2.24) is 0 Å². The van der Waals surface area contributed by atoms with E-state index in [9.17, 15) is 0 Å². The van der Waals surface area contributed by atoms with Gasteiger partial charge in [-0.15, -0.1) is 0 Å². The van der Waals surface area contributed by atoms with Gasteiger partial charge in [-0.25, -0.2) is 0 Å². The molecule has 0 fully saturated rings. The molecule has 0 aliphatic rings. The molecule has 0 radical (unpaired) electrons. The Labute approximate surface area is 94.1 Å². The molecule has 0 heterocycles. The zero-order chi connectivity index (χ0) is 12.6. The van der Waals surface area contributed by atoms with E-state index < -0.39 is 10.4 Å². The SMILES string of the molecule is COc1ccc(CCO)cc1.O=S(=O)(O)O. The molecule has 3 N–H and O–H groups in total. The molecule has 0 saturated heterocycles. The number of methoxy groups -OCH3 is 1. The van der Waals surface area contributed by atoms with Gasteiger partial charge < -0.3 is 9.84 Å². The molecule has 0 aromatic heterocycles.